The van der Waals surface area contributed by atoms with E-state index in [1.807, 2.05) is 13.8 Å². The summed E-state index contributed by atoms with van der Waals surface area (Å²) in [6, 6.07) is 0. The molecule has 1 rings (SSSR count). The maximum Gasteiger partial charge on any atom is 0.212 e. The summed E-state index contributed by atoms with van der Waals surface area (Å²) in [4.78, 5) is 14.9. The van der Waals surface area contributed by atoms with Gasteiger partial charge in [-0.3, -0.25) is 4.79 Å². The lowest BCUT2D eigenvalue weighted by molar-refractivity contribution is -0.108. The molecule has 0 aromatic rings. The first-order valence-electron chi connectivity index (χ1n) is 3.09. The molecule has 4 heteroatoms. The molecule has 1 aliphatic heterocycles. The van der Waals surface area contributed by atoms with Crippen LogP contribution in [0.1, 0.15) is 20.3 Å². The Morgan fingerprint density at radius 1 is 1.80 bits per heavy atom. The average Bonchev–Trinajstić information content (AvgIpc) is 2.12. The molecule has 1 N–H and O–H groups in total. The molecule has 0 aromatic heterocycles. The molecule has 0 saturated carbocycles. The first-order chi connectivity index (χ1) is 4.64. The highest BCUT2D eigenvalue weighted by Gasteiger charge is 2.28. The molecule has 0 spiro atoms. The standard InChI is InChI=1S/C6H10N2O2/c1-6(2)3-5(7-4-9)8-10-6/h4H,3H2,1-2H3,(H,7,8,9). The van der Waals surface area contributed by atoms with Gasteiger partial charge in [0.15, 0.2) is 5.84 Å². The minimum atomic E-state index is -0.259. The van der Waals surface area contributed by atoms with E-state index >= 15 is 0 Å². The number of rotatable bonds is 1. The number of carbonyl (C=O) groups is 1. The fraction of sp³-hybridized carbons (Fsp3) is 0.667. The summed E-state index contributed by atoms with van der Waals surface area (Å²) < 4.78 is 0. The second-order valence-corrected chi connectivity index (χ2v) is 2.83. The predicted molar refractivity (Wildman–Crippen MR) is 36.4 cm³/mol. The Hall–Kier alpha value is -1.06. The number of hydrogen-bond acceptors (Lipinski definition) is 3. The van der Waals surface area contributed by atoms with E-state index in [2.05, 4.69) is 10.5 Å². The van der Waals surface area contributed by atoms with Gasteiger partial charge < -0.3 is 10.2 Å². The molecule has 0 fully saturated rings. The van der Waals surface area contributed by atoms with Gasteiger partial charge in [-0.1, -0.05) is 5.16 Å². The lowest BCUT2D eigenvalue weighted by Crippen LogP contribution is -2.25. The van der Waals surface area contributed by atoms with Crippen molar-refractivity contribution in [3.8, 4) is 0 Å². The summed E-state index contributed by atoms with van der Waals surface area (Å²) in [5.74, 6) is 0.597. The highest BCUT2D eigenvalue weighted by molar-refractivity contribution is 5.91. The zero-order valence-electron chi connectivity index (χ0n) is 6.05. The Morgan fingerprint density at radius 2 is 2.50 bits per heavy atom. The van der Waals surface area contributed by atoms with Crippen molar-refractivity contribution in [1.82, 2.24) is 5.32 Å². The van der Waals surface area contributed by atoms with Gasteiger partial charge in [-0.15, -0.1) is 0 Å². The lowest BCUT2D eigenvalue weighted by Gasteiger charge is -2.12. The molecule has 0 atom stereocenters. The molecule has 1 amide bonds. The van der Waals surface area contributed by atoms with Crippen LogP contribution in [0.5, 0.6) is 0 Å². The minimum absolute atomic E-state index is 0.259. The van der Waals surface area contributed by atoms with Crippen LogP contribution in [0, 0.1) is 0 Å². The van der Waals surface area contributed by atoms with Crippen molar-refractivity contribution < 1.29 is 9.63 Å². The van der Waals surface area contributed by atoms with Gasteiger partial charge in [0.2, 0.25) is 6.41 Å². The second-order valence-electron chi connectivity index (χ2n) is 2.83. The van der Waals surface area contributed by atoms with E-state index in [0.717, 1.165) is 0 Å². The second kappa shape index (κ2) is 2.28. The van der Waals surface area contributed by atoms with Crippen molar-refractivity contribution >= 4 is 12.2 Å². The molecule has 0 aromatic carbocycles. The third-order valence-corrected chi connectivity index (χ3v) is 1.22. The quantitative estimate of drug-likeness (QED) is 0.533. The van der Waals surface area contributed by atoms with Crippen LogP contribution in [0.15, 0.2) is 5.16 Å². The monoisotopic (exact) mass is 142 g/mol. The maximum absolute atomic E-state index is 9.92. The van der Waals surface area contributed by atoms with Crippen molar-refractivity contribution in [1.29, 1.82) is 0 Å². The molecule has 1 aliphatic rings. The SMILES string of the molecule is CC1(C)CC(NC=O)=NO1. The molecular weight excluding hydrogens is 132 g/mol. The van der Waals surface area contributed by atoms with Crippen molar-refractivity contribution in [2.45, 2.75) is 25.9 Å². The number of amides is 1. The smallest absolute Gasteiger partial charge is 0.212 e. The van der Waals surface area contributed by atoms with Crippen LogP contribution in [0.2, 0.25) is 0 Å². The van der Waals surface area contributed by atoms with Crippen LogP contribution >= 0.6 is 0 Å². The van der Waals surface area contributed by atoms with Gasteiger partial charge in [0.25, 0.3) is 0 Å². The molecule has 0 aliphatic carbocycles. The normalized spacial score (nSPS) is 21.2. The predicted octanol–water partition coefficient (Wildman–Crippen LogP) is 0.245. The fourth-order valence-corrected chi connectivity index (χ4v) is 0.792. The Morgan fingerprint density at radius 3 is 2.90 bits per heavy atom. The van der Waals surface area contributed by atoms with Gasteiger partial charge in [0.1, 0.15) is 5.60 Å². The molecule has 10 heavy (non-hydrogen) atoms. The molecule has 4 nitrogen and oxygen atoms in total. The van der Waals surface area contributed by atoms with Crippen molar-refractivity contribution in [2.75, 3.05) is 0 Å². The largest absolute Gasteiger partial charge is 0.388 e. The number of carbonyl (C=O) groups excluding carboxylic acids is 1. The number of amidine groups is 1. The van der Waals surface area contributed by atoms with Crippen LogP contribution in [0.3, 0.4) is 0 Å². The van der Waals surface area contributed by atoms with Crippen molar-refractivity contribution in [3.63, 3.8) is 0 Å². The topological polar surface area (TPSA) is 50.7 Å². The van der Waals surface area contributed by atoms with Gasteiger partial charge in [-0.2, -0.15) is 0 Å². The van der Waals surface area contributed by atoms with E-state index in [0.29, 0.717) is 18.7 Å². The van der Waals surface area contributed by atoms with Crippen LogP contribution < -0.4 is 5.32 Å². The van der Waals surface area contributed by atoms with E-state index in [-0.39, 0.29) is 5.60 Å². The Balaban J connectivity index is 2.46. The minimum Gasteiger partial charge on any atom is -0.388 e. The maximum atomic E-state index is 9.92. The number of hydrogen-bond donors (Lipinski definition) is 1. The van der Waals surface area contributed by atoms with E-state index in [1.54, 1.807) is 0 Å². The molecule has 0 unspecified atom stereocenters. The zero-order chi connectivity index (χ0) is 7.61. The summed E-state index contributed by atoms with van der Waals surface area (Å²) in [5.41, 5.74) is -0.259. The van der Waals surface area contributed by atoms with Crippen LogP contribution in [0.4, 0.5) is 0 Å². The summed E-state index contributed by atoms with van der Waals surface area (Å²) in [6.07, 6.45) is 1.26. The van der Waals surface area contributed by atoms with Gasteiger partial charge in [-0.25, -0.2) is 0 Å². The van der Waals surface area contributed by atoms with Crippen molar-refractivity contribution in [2.24, 2.45) is 5.16 Å². The number of oxime groups is 1. The molecular formula is C6H10N2O2. The van der Waals surface area contributed by atoms with Gasteiger partial charge in [0, 0.05) is 0 Å². The summed E-state index contributed by atoms with van der Waals surface area (Å²) in [6.45, 7) is 3.83. The van der Waals surface area contributed by atoms with Gasteiger partial charge in [-0.05, 0) is 13.8 Å². The average molecular weight is 142 g/mol. The zero-order valence-corrected chi connectivity index (χ0v) is 6.05. The van der Waals surface area contributed by atoms with Gasteiger partial charge in [0.05, 0.1) is 6.42 Å². The van der Waals surface area contributed by atoms with E-state index in [4.69, 9.17) is 4.84 Å². The Labute approximate surface area is 59.2 Å². The highest BCUT2D eigenvalue weighted by Crippen LogP contribution is 2.20. The third kappa shape index (κ3) is 1.46. The lowest BCUT2D eigenvalue weighted by atomic mass is 10.1. The van der Waals surface area contributed by atoms with Crippen LogP contribution in [-0.4, -0.2) is 17.8 Å². The Kier molecular flexibility index (Phi) is 1.61. The van der Waals surface area contributed by atoms with Crippen molar-refractivity contribution in [3.05, 3.63) is 0 Å². The molecule has 0 saturated heterocycles. The molecule has 0 bridgehead atoms. The first-order valence-corrected chi connectivity index (χ1v) is 3.09. The summed E-state index contributed by atoms with van der Waals surface area (Å²) >= 11 is 0. The first kappa shape index (κ1) is 7.05. The Bertz CT molecular complexity index is 175. The van der Waals surface area contributed by atoms with E-state index in [1.165, 1.54) is 0 Å². The van der Waals surface area contributed by atoms with Gasteiger partial charge >= 0.3 is 0 Å². The molecule has 0 radical (unpaired) electrons. The summed E-state index contributed by atoms with van der Waals surface area (Å²) in [5, 5.41) is 6.10. The highest BCUT2D eigenvalue weighted by atomic mass is 16.7. The van der Waals surface area contributed by atoms with Crippen LogP contribution in [-0.2, 0) is 9.63 Å². The van der Waals surface area contributed by atoms with Crippen LogP contribution in [0.25, 0.3) is 0 Å². The summed E-state index contributed by atoms with van der Waals surface area (Å²) in [7, 11) is 0. The third-order valence-electron chi connectivity index (χ3n) is 1.22. The van der Waals surface area contributed by atoms with E-state index < -0.39 is 0 Å². The fourth-order valence-electron chi connectivity index (χ4n) is 0.792. The number of nitrogens with zero attached hydrogens (tertiary/aromatic N) is 1. The molecule has 1 heterocycles. The van der Waals surface area contributed by atoms with E-state index in [9.17, 15) is 4.79 Å². The number of nitrogens with one attached hydrogen (secondary N) is 1. The molecule has 56 valence electrons.